The standard InChI is InChI=1S/C19H18F3NO5/c1-28-14-4-2-3-11(9-14)10-15(18(26)27)23-17(25)16(24)12-5-7-13(8-6-12)19(20,21)22/h2-9,15-16,24H,10H2,1H3,(H,23,25)(H,26,27)/t15-,16+/m0/s1. The number of carboxylic acid groups (broad SMARTS) is 1. The lowest BCUT2D eigenvalue weighted by molar-refractivity contribution is -0.143. The molecule has 0 aliphatic heterocycles. The van der Waals surface area contributed by atoms with E-state index in [-0.39, 0.29) is 12.0 Å². The third-order valence-corrected chi connectivity index (χ3v) is 3.99. The van der Waals surface area contributed by atoms with E-state index in [9.17, 15) is 33.0 Å². The second-order valence-electron chi connectivity index (χ2n) is 5.98. The Morgan fingerprint density at radius 1 is 1.14 bits per heavy atom. The maximum absolute atomic E-state index is 12.6. The second-order valence-corrected chi connectivity index (χ2v) is 5.98. The van der Waals surface area contributed by atoms with Crippen LogP contribution in [0, 0.1) is 0 Å². The van der Waals surface area contributed by atoms with Crippen molar-refractivity contribution in [2.75, 3.05) is 7.11 Å². The van der Waals surface area contributed by atoms with Gasteiger partial charge >= 0.3 is 12.1 Å². The van der Waals surface area contributed by atoms with Crippen LogP contribution in [0.4, 0.5) is 13.2 Å². The lowest BCUT2D eigenvalue weighted by atomic mass is 10.0. The van der Waals surface area contributed by atoms with E-state index in [1.807, 2.05) is 0 Å². The molecule has 2 atom stereocenters. The summed E-state index contributed by atoms with van der Waals surface area (Å²) in [7, 11) is 1.45. The van der Waals surface area contributed by atoms with Crippen LogP contribution in [0.3, 0.4) is 0 Å². The van der Waals surface area contributed by atoms with Crippen molar-refractivity contribution < 1.29 is 37.7 Å². The van der Waals surface area contributed by atoms with Crippen LogP contribution in [0.1, 0.15) is 22.8 Å². The Morgan fingerprint density at radius 2 is 1.79 bits per heavy atom. The zero-order valence-electron chi connectivity index (χ0n) is 14.7. The van der Waals surface area contributed by atoms with Crippen LogP contribution in [0.15, 0.2) is 48.5 Å². The summed E-state index contributed by atoms with van der Waals surface area (Å²) in [5.74, 6) is -1.84. The Bertz CT molecular complexity index is 836. The minimum Gasteiger partial charge on any atom is -0.497 e. The minimum absolute atomic E-state index is 0.0714. The van der Waals surface area contributed by atoms with Crippen molar-refractivity contribution in [2.24, 2.45) is 0 Å². The van der Waals surface area contributed by atoms with Gasteiger partial charge in [-0.1, -0.05) is 24.3 Å². The first-order valence-corrected chi connectivity index (χ1v) is 8.13. The molecule has 2 aromatic carbocycles. The number of halogens is 3. The monoisotopic (exact) mass is 397 g/mol. The fourth-order valence-electron chi connectivity index (χ4n) is 2.49. The molecule has 1 amide bonds. The van der Waals surface area contributed by atoms with Crippen LogP contribution >= 0.6 is 0 Å². The number of aliphatic hydroxyl groups excluding tert-OH is 1. The highest BCUT2D eigenvalue weighted by atomic mass is 19.4. The van der Waals surface area contributed by atoms with Gasteiger partial charge in [-0.3, -0.25) is 4.79 Å². The molecule has 9 heteroatoms. The number of aliphatic carboxylic acids is 1. The van der Waals surface area contributed by atoms with Crippen molar-refractivity contribution in [1.82, 2.24) is 5.32 Å². The fraction of sp³-hybridized carbons (Fsp3) is 0.263. The maximum atomic E-state index is 12.6. The number of ether oxygens (including phenoxy) is 1. The number of methoxy groups -OCH3 is 1. The molecule has 0 heterocycles. The van der Waals surface area contributed by atoms with Crippen molar-refractivity contribution in [2.45, 2.75) is 24.7 Å². The highest BCUT2D eigenvalue weighted by molar-refractivity contribution is 5.87. The molecule has 2 aromatic rings. The number of benzene rings is 2. The molecule has 2 rings (SSSR count). The Kier molecular flexibility index (Phi) is 6.63. The van der Waals surface area contributed by atoms with Gasteiger partial charge in [-0.05, 0) is 35.4 Å². The molecule has 0 saturated heterocycles. The number of alkyl halides is 3. The van der Waals surface area contributed by atoms with Crippen LogP contribution in [0.5, 0.6) is 5.75 Å². The summed E-state index contributed by atoms with van der Waals surface area (Å²) in [5.41, 5.74) is -0.433. The van der Waals surface area contributed by atoms with Crippen LogP contribution in [0.2, 0.25) is 0 Å². The number of hydrogen-bond acceptors (Lipinski definition) is 4. The van der Waals surface area contributed by atoms with Crippen molar-refractivity contribution >= 4 is 11.9 Å². The van der Waals surface area contributed by atoms with Crippen molar-refractivity contribution in [3.8, 4) is 5.75 Å². The molecule has 0 saturated carbocycles. The average molecular weight is 397 g/mol. The number of amides is 1. The normalized spacial score (nSPS) is 13.5. The molecule has 0 spiro atoms. The van der Waals surface area contributed by atoms with Gasteiger partial charge in [0.25, 0.3) is 5.91 Å². The van der Waals surface area contributed by atoms with E-state index in [1.54, 1.807) is 24.3 Å². The molecular weight excluding hydrogens is 379 g/mol. The average Bonchev–Trinajstić information content (AvgIpc) is 2.66. The summed E-state index contributed by atoms with van der Waals surface area (Å²) in [6.45, 7) is 0. The molecule has 6 nitrogen and oxygen atoms in total. The maximum Gasteiger partial charge on any atom is 0.416 e. The van der Waals surface area contributed by atoms with Crippen molar-refractivity contribution in [3.05, 3.63) is 65.2 Å². The van der Waals surface area contributed by atoms with Gasteiger partial charge in [0.2, 0.25) is 0 Å². The number of hydrogen-bond donors (Lipinski definition) is 3. The third-order valence-electron chi connectivity index (χ3n) is 3.99. The minimum atomic E-state index is -4.54. The molecule has 0 unspecified atom stereocenters. The first kappa shape index (κ1) is 21.2. The predicted octanol–water partition coefficient (Wildman–Crippen LogP) is 2.56. The molecule has 28 heavy (non-hydrogen) atoms. The largest absolute Gasteiger partial charge is 0.497 e. The molecule has 0 fully saturated rings. The lowest BCUT2D eigenvalue weighted by Crippen LogP contribution is -2.44. The zero-order valence-corrected chi connectivity index (χ0v) is 14.7. The van der Waals surface area contributed by atoms with Crippen LogP contribution in [0.25, 0.3) is 0 Å². The number of carbonyl (C=O) groups is 2. The third kappa shape index (κ3) is 5.46. The molecule has 3 N–H and O–H groups in total. The van der Waals surface area contributed by atoms with E-state index in [0.717, 1.165) is 24.3 Å². The van der Waals surface area contributed by atoms with Gasteiger partial charge in [0.15, 0.2) is 6.10 Å². The Balaban J connectivity index is 2.09. The number of carboxylic acids is 1. The summed E-state index contributed by atoms with van der Waals surface area (Å²) < 4.78 is 42.8. The van der Waals surface area contributed by atoms with Gasteiger partial charge in [-0.15, -0.1) is 0 Å². The smallest absolute Gasteiger partial charge is 0.416 e. The van der Waals surface area contributed by atoms with E-state index in [0.29, 0.717) is 11.3 Å². The zero-order chi connectivity index (χ0) is 20.9. The molecule has 150 valence electrons. The van der Waals surface area contributed by atoms with E-state index < -0.39 is 35.8 Å². The molecule has 0 aromatic heterocycles. The highest BCUT2D eigenvalue weighted by Crippen LogP contribution is 2.30. The number of rotatable bonds is 7. The molecule has 0 aliphatic rings. The van der Waals surface area contributed by atoms with Gasteiger partial charge in [0, 0.05) is 6.42 Å². The van der Waals surface area contributed by atoms with Gasteiger partial charge in [0.05, 0.1) is 12.7 Å². The summed E-state index contributed by atoms with van der Waals surface area (Å²) >= 11 is 0. The number of nitrogens with one attached hydrogen (secondary N) is 1. The van der Waals surface area contributed by atoms with Crippen LogP contribution in [-0.4, -0.2) is 35.2 Å². The van der Waals surface area contributed by atoms with Gasteiger partial charge < -0.3 is 20.3 Å². The van der Waals surface area contributed by atoms with Gasteiger partial charge in [0.1, 0.15) is 11.8 Å². The van der Waals surface area contributed by atoms with Crippen molar-refractivity contribution in [3.63, 3.8) is 0 Å². The van der Waals surface area contributed by atoms with E-state index in [4.69, 9.17) is 4.74 Å². The van der Waals surface area contributed by atoms with E-state index in [1.165, 1.54) is 7.11 Å². The summed E-state index contributed by atoms with van der Waals surface area (Å²) in [5, 5.41) is 21.6. The number of aliphatic hydroxyl groups is 1. The Labute approximate surface area is 158 Å². The second kappa shape index (κ2) is 8.75. The molecule has 0 bridgehead atoms. The quantitative estimate of drug-likeness (QED) is 0.668. The van der Waals surface area contributed by atoms with Crippen LogP contribution in [-0.2, 0) is 22.2 Å². The van der Waals surface area contributed by atoms with E-state index in [2.05, 4.69) is 5.32 Å². The summed E-state index contributed by atoms with van der Waals surface area (Å²) in [6, 6.07) is 8.64. The van der Waals surface area contributed by atoms with E-state index >= 15 is 0 Å². The first-order chi connectivity index (χ1) is 13.1. The number of carbonyl (C=O) groups excluding carboxylic acids is 1. The molecule has 0 radical (unpaired) electrons. The predicted molar refractivity (Wildman–Crippen MR) is 92.7 cm³/mol. The fourth-order valence-corrected chi connectivity index (χ4v) is 2.49. The molecular formula is C19H18F3NO5. The lowest BCUT2D eigenvalue weighted by Gasteiger charge is -2.18. The highest BCUT2D eigenvalue weighted by Gasteiger charge is 2.31. The summed E-state index contributed by atoms with van der Waals surface area (Å²) in [4.78, 5) is 23.6. The SMILES string of the molecule is COc1cccc(C[C@H](NC(=O)[C@H](O)c2ccc(C(F)(F)F)cc2)C(=O)O)c1. The van der Waals surface area contributed by atoms with Gasteiger partial charge in [-0.2, -0.15) is 13.2 Å². The van der Waals surface area contributed by atoms with Crippen molar-refractivity contribution in [1.29, 1.82) is 0 Å². The Hall–Kier alpha value is -3.07. The Morgan fingerprint density at radius 3 is 2.32 bits per heavy atom. The van der Waals surface area contributed by atoms with Crippen LogP contribution < -0.4 is 10.1 Å². The van der Waals surface area contributed by atoms with Gasteiger partial charge in [-0.25, -0.2) is 4.79 Å². The molecule has 0 aliphatic carbocycles. The topological polar surface area (TPSA) is 95.9 Å². The first-order valence-electron chi connectivity index (χ1n) is 8.13. The summed E-state index contributed by atoms with van der Waals surface area (Å²) in [6.07, 6.45) is -6.43.